The highest BCUT2D eigenvalue weighted by Gasteiger charge is 2.08. The van der Waals surface area contributed by atoms with Crippen LogP contribution in [0.2, 0.25) is 0 Å². The van der Waals surface area contributed by atoms with Gasteiger partial charge in [-0.3, -0.25) is 10.6 Å². The van der Waals surface area contributed by atoms with E-state index in [2.05, 4.69) is 25.6 Å². The number of rotatable bonds is 2. The average Bonchev–Trinajstić information content (AvgIpc) is 2.83. The van der Waals surface area contributed by atoms with Gasteiger partial charge in [-0.25, -0.2) is 19.7 Å². The Balaban J connectivity index is 1.70. The van der Waals surface area contributed by atoms with Gasteiger partial charge >= 0.3 is 6.03 Å². The Hall–Kier alpha value is -2.54. The molecular weight excluding hydrogens is 274 g/mol. The fourth-order valence-electron chi connectivity index (χ4n) is 1.61. The van der Waals surface area contributed by atoms with Gasteiger partial charge in [-0.05, 0) is 30.7 Å². The largest absolute Gasteiger partial charge is 0.326 e. The van der Waals surface area contributed by atoms with E-state index in [-0.39, 0.29) is 6.03 Å². The van der Waals surface area contributed by atoms with Gasteiger partial charge in [0.15, 0.2) is 5.13 Å². The number of anilines is 2. The number of urea groups is 1. The summed E-state index contributed by atoms with van der Waals surface area (Å²) < 4.78 is 0. The monoisotopic (exact) mass is 285 g/mol. The van der Waals surface area contributed by atoms with Crippen LogP contribution in [0.3, 0.4) is 0 Å². The summed E-state index contributed by atoms with van der Waals surface area (Å²) in [5.74, 6) is 0.493. The summed E-state index contributed by atoms with van der Waals surface area (Å²) in [6.45, 7) is 1.94. The fourth-order valence-corrected chi connectivity index (χ4v) is 2.41. The van der Waals surface area contributed by atoms with Crippen LogP contribution in [0.5, 0.6) is 0 Å². The van der Waals surface area contributed by atoms with E-state index in [9.17, 15) is 4.79 Å². The van der Waals surface area contributed by atoms with Crippen LogP contribution >= 0.6 is 11.3 Å². The van der Waals surface area contributed by atoms with E-state index in [1.165, 1.54) is 11.3 Å². The highest BCUT2D eigenvalue weighted by atomic mass is 32.1. The predicted molar refractivity (Wildman–Crippen MR) is 79.0 cm³/mol. The van der Waals surface area contributed by atoms with Crippen molar-refractivity contribution in [3.05, 3.63) is 42.2 Å². The van der Waals surface area contributed by atoms with Gasteiger partial charge in [0.25, 0.3) is 0 Å². The number of thiazole rings is 1. The molecule has 0 radical (unpaired) electrons. The maximum atomic E-state index is 11.8. The van der Waals surface area contributed by atoms with Gasteiger partial charge in [0.05, 0.1) is 0 Å². The molecule has 2 N–H and O–H groups in total. The average molecular weight is 285 g/mol. The van der Waals surface area contributed by atoms with Crippen LogP contribution in [-0.2, 0) is 0 Å². The first-order valence-electron chi connectivity index (χ1n) is 5.93. The van der Waals surface area contributed by atoms with Crippen molar-refractivity contribution in [1.82, 2.24) is 15.0 Å². The van der Waals surface area contributed by atoms with Gasteiger partial charge in [-0.1, -0.05) is 17.4 Å². The molecule has 6 nitrogen and oxygen atoms in total. The van der Waals surface area contributed by atoms with Crippen LogP contribution in [0.15, 0.2) is 36.7 Å². The third kappa shape index (κ3) is 2.72. The lowest BCUT2D eigenvalue weighted by molar-refractivity contribution is 0.262. The first-order valence-corrected chi connectivity index (χ1v) is 6.74. The number of hydrogen-bond acceptors (Lipinski definition) is 5. The van der Waals surface area contributed by atoms with Gasteiger partial charge in [-0.2, -0.15) is 0 Å². The lowest BCUT2D eigenvalue weighted by Gasteiger charge is -2.04. The number of carbonyl (C=O) groups is 1. The zero-order valence-electron chi connectivity index (χ0n) is 10.6. The highest BCUT2D eigenvalue weighted by Crippen LogP contribution is 2.23. The number of aromatic nitrogens is 3. The molecule has 0 aliphatic carbocycles. The van der Waals surface area contributed by atoms with Crippen molar-refractivity contribution in [2.24, 2.45) is 0 Å². The van der Waals surface area contributed by atoms with Crippen LogP contribution in [0, 0.1) is 6.92 Å². The number of nitrogens with zero attached hydrogens (tertiary/aromatic N) is 3. The van der Waals surface area contributed by atoms with Crippen molar-refractivity contribution in [3.63, 3.8) is 0 Å². The van der Waals surface area contributed by atoms with Crippen LogP contribution in [0.25, 0.3) is 10.3 Å². The van der Waals surface area contributed by atoms with Crippen molar-refractivity contribution in [2.45, 2.75) is 6.92 Å². The van der Waals surface area contributed by atoms with E-state index in [1.54, 1.807) is 18.5 Å². The molecule has 20 heavy (non-hydrogen) atoms. The maximum absolute atomic E-state index is 11.8. The van der Waals surface area contributed by atoms with E-state index in [4.69, 9.17) is 0 Å². The molecule has 3 heterocycles. The summed E-state index contributed by atoms with van der Waals surface area (Å²) >= 11 is 1.32. The number of aryl methyl sites for hydroxylation is 1. The Morgan fingerprint density at radius 1 is 1.20 bits per heavy atom. The lowest BCUT2D eigenvalue weighted by atomic mass is 10.3. The van der Waals surface area contributed by atoms with Crippen LogP contribution in [0.4, 0.5) is 15.7 Å². The Kier molecular flexibility index (Phi) is 3.26. The third-order valence-electron chi connectivity index (χ3n) is 2.54. The smallest absolute Gasteiger partial charge is 0.292 e. The minimum atomic E-state index is -0.375. The highest BCUT2D eigenvalue weighted by molar-refractivity contribution is 7.21. The number of fused-ring (bicyclic) bond motifs is 1. The SMILES string of the molecule is Cc1ccc(NC(=O)Nc2nc3cccnc3s2)nc1. The quantitative estimate of drug-likeness (QED) is 0.758. The minimum Gasteiger partial charge on any atom is -0.292 e. The standard InChI is InChI=1S/C13H11N5OS/c1-8-4-5-10(15-7-8)17-12(19)18-13-16-9-3-2-6-14-11(9)20-13/h2-7H,1H3,(H2,15,16,17,18,19). The van der Waals surface area contributed by atoms with E-state index >= 15 is 0 Å². The molecule has 2 amide bonds. The van der Waals surface area contributed by atoms with Gasteiger partial charge in [0.1, 0.15) is 16.2 Å². The summed E-state index contributed by atoms with van der Waals surface area (Å²) in [5.41, 5.74) is 1.80. The zero-order valence-corrected chi connectivity index (χ0v) is 11.4. The second-order valence-electron chi connectivity index (χ2n) is 4.15. The third-order valence-corrected chi connectivity index (χ3v) is 3.43. The van der Waals surface area contributed by atoms with Crippen molar-refractivity contribution in [1.29, 1.82) is 0 Å². The summed E-state index contributed by atoms with van der Waals surface area (Å²) in [6.07, 6.45) is 3.39. The first-order chi connectivity index (χ1) is 9.70. The molecule has 0 saturated heterocycles. The number of carbonyl (C=O) groups excluding carboxylic acids is 1. The number of amides is 2. The normalized spacial score (nSPS) is 10.4. The molecule has 0 atom stereocenters. The molecular formula is C13H11N5OS. The Morgan fingerprint density at radius 2 is 2.10 bits per heavy atom. The second-order valence-corrected chi connectivity index (χ2v) is 5.12. The lowest BCUT2D eigenvalue weighted by Crippen LogP contribution is -2.19. The van der Waals surface area contributed by atoms with Crippen LogP contribution in [-0.4, -0.2) is 21.0 Å². The molecule has 0 aromatic carbocycles. The molecule has 3 aromatic rings. The van der Waals surface area contributed by atoms with Gasteiger partial charge in [0, 0.05) is 12.4 Å². The van der Waals surface area contributed by atoms with Crippen molar-refractivity contribution in [2.75, 3.05) is 10.6 Å². The molecule has 0 saturated carbocycles. The summed E-state index contributed by atoms with van der Waals surface area (Å²) in [4.78, 5) is 25.2. The first kappa shape index (κ1) is 12.5. The van der Waals surface area contributed by atoms with E-state index in [0.717, 1.165) is 15.9 Å². The molecule has 0 aliphatic rings. The van der Waals surface area contributed by atoms with Gasteiger partial charge < -0.3 is 0 Å². The molecule has 0 spiro atoms. The zero-order chi connectivity index (χ0) is 13.9. The Labute approximate surface area is 118 Å². The molecule has 3 aromatic heterocycles. The topological polar surface area (TPSA) is 79.8 Å². The second kappa shape index (κ2) is 5.22. The molecule has 0 fully saturated rings. The maximum Gasteiger partial charge on any atom is 0.326 e. The van der Waals surface area contributed by atoms with E-state index in [0.29, 0.717) is 10.9 Å². The Bertz CT molecular complexity index is 720. The molecule has 100 valence electrons. The van der Waals surface area contributed by atoms with Gasteiger partial charge in [0.2, 0.25) is 0 Å². The number of pyridine rings is 2. The number of hydrogen-bond donors (Lipinski definition) is 2. The predicted octanol–water partition coefficient (Wildman–Crippen LogP) is 3.04. The fraction of sp³-hybridized carbons (Fsp3) is 0.0769. The summed E-state index contributed by atoms with van der Waals surface area (Å²) in [7, 11) is 0. The molecule has 0 bridgehead atoms. The van der Waals surface area contributed by atoms with Crippen molar-refractivity contribution in [3.8, 4) is 0 Å². The van der Waals surface area contributed by atoms with E-state index < -0.39 is 0 Å². The van der Waals surface area contributed by atoms with E-state index in [1.807, 2.05) is 25.1 Å². The van der Waals surface area contributed by atoms with Gasteiger partial charge in [-0.15, -0.1) is 0 Å². The molecule has 0 aliphatic heterocycles. The van der Waals surface area contributed by atoms with Crippen molar-refractivity contribution >= 4 is 38.7 Å². The minimum absolute atomic E-state index is 0.375. The van der Waals surface area contributed by atoms with Crippen LogP contribution < -0.4 is 10.6 Å². The molecule has 3 rings (SSSR count). The summed E-state index contributed by atoms with van der Waals surface area (Å²) in [6, 6.07) is 6.91. The molecule has 7 heteroatoms. The number of nitrogens with one attached hydrogen (secondary N) is 2. The summed E-state index contributed by atoms with van der Waals surface area (Å²) in [5, 5.41) is 5.82. The van der Waals surface area contributed by atoms with Crippen LogP contribution in [0.1, 0.15) is 5.56 Å². The molecule has 0 unspecified atom stereocenters. The van der Waals surface area contributed by atoms with Crippen molar-refractivity contribution < 1.29 is 4.79 Å². The Morgan fingerprint density at radius 3 is 2.85 bits per heavy atom.